The van der Waals surface area contributed by atoms with E-state index in [4.69, 9.17) is 14.2 Å². The molecule has 1 fully saturated rings. The summed E-state index contributed by atoms with van der Waals surface area (Å²) in [5.74, 6) is -1.60. The van der Waals surface area contributed by atoms with E-state index in [1.165, 1.54) is 6.92 Å². The molecule has 1 aliphatic rings. The van der Waals surface area contributed by atoms with Crippen LogP contribution in [-0.2, 0) is 33.3 Å². The van der Waals surface area contributed by atoms with E-state index >= 15 is 0 Å². The normalized spacial score (nSPS) is 15.5. The molecule has 11 heteroatoms. The van der Waals surface area contributed by atoms with Gasteiger partial charge in [0.15, 0.2) is 0 Å². The Morgan fingerprint density at radius 3 is 2.48 bits per heavy atom. The van der Waals surface area contributed by atoms with E-state index in [0.29, 0.717) is 31.5 Å². The summed E-state index contributed by atoms with van der Waals surface area (Å²) < 4.78 is 19.8. The molecular weight excluding hydrogens is 380 g/mol. The number of esters is 2. The van der Waals surface area contributed by atoms with E-state index in [1.807, 2.05) is 0 Å². The highest BCUT2D eigenvalue weighted by atomic mass is 32.2. The third-order valence-electron chi connectivity index (χ3n) is 3.47. The quantitative estimate of drug-likeness (QED) is 0.396. The molecule has 0 aromatic carbocycles. The first kappa shape index (κ1) is 23.2. The zero-order valence-electron chi connectivity index (χ0n) is 15.6. The molecule has 0 radical (unpaired) electrons. The number of nitrogens with one attached hydrogen (secondary N) is 1. The first-order valence-corrected chi connectivity index (χ1v) is 9.60. The minimum atomic E-state index is -0.983. The first-order chi connectivity index (χ1) is 12.9. The summed E-state index contributed by atoms with van der Waals surface area (Å²) >= 11 is 0.681. The average molecular weight is 406 g/mol. The van der Waals surface area contributed by atoms with Crippen LogP contribution in [0.1, 0.15) is 20.3 Å². The Labute approximate surface area is 162 Å². The van der Waals surface area contributed by atoms with Gasteiger partial charge in [-0.3, -0.25) is 14.5 Å². The monoisotopic (exact) mass is 406 g/mol. The Balaban J connectivity index is 2.32. The molecule has 1 aliphatic heterocycles. The molecule has 1 heterocycles. The number of ether oxygens (including phenoxy) is 4. The maximum Gasteiger partial charge on any atom is 0.370 e. The van der Waals surface area contributed by atoms with Crippen molar-refractivity contribution in [1.82, 2.24) is 10.2 Å². The highest BCUT2D eigenvalue weighted by Gasteiger charge is 2.23. The standard InChI is InChI=1S/C16H26N2O8S/c1-3-14(20)25-11-26-16(22)27-10-13(17-12(2)19)15(21)24-9-6-18-4-7-23-8-5-18/h13H,3-11H2,1-2H3,(H,17,19)/t13-/m0/s1. The minimum absolute atomic E-state index is 0.0590. The molecule has 0 unspecified atom stereocenters. The van der Waals surface area contributed by atoms with Crippen molar-refractivity contribution >= 4 is 34.9 Å². The van der Waals surface area contributed by atoms with Gasteiger partial charge in [-0.1, -0.05) is 6.92 Å². The molecule has 0 aromatic heterocycles. The Hall–Kier alpha value is -1.85. The van der Waals surface area contributed by atoms with Crippen molar-refractivity contribution in [2.75, 3.05) is 52.0 Å². The van der Waals surface area contributed by atoms with Crippen LogP contribution in [0.5, 0.6) is 0 Å². The van der Waals surface area contributed by atoms with Crippen LogP contribution in [0.2, 0.25) is 0 Å². The van der Waals surface area contributed by atoms with Crippen LogP contribution in [0.3, 0.4) is 0 Å². The second-order valence-electron chi connectivity index (χ2n) is 5.57. The van der Waals surface area contributed by atoms with E-state index < -0.39 is 36.0 Å². The van der Waals surface area contributed by atoms with Crippen molar-refractivity contribution in [2.24, 2.45) is 0 Å². The lowest BCUT2D eigenvalue weighted by molar-refractivity contribution is -0.151. The third-order valence-corrected chi connectivity index (χ3v) is 4.32. The SMILES string of the molecule is CCC(=O)OCOC(=O)SC[C@H](NC(C)=O)C(=O)OCCN1CCOCC1. The second-order valence-corrected chi connectivity index (χ2v) is 6.52. The fraction of sp³-hybridized carbons (Fsp3) is 0.750. The highest BCUT2D eigenvalue weighted by molar-refractivity contribution is 8.13. The molecule has 1 N–H and O–H groups in total. The fourth-order valence-electron chi connectivity index (χ4n) is 2.05. The van der Waals surface area contributed by atoms with Crippen molar-refractivity contribution in [1.29, 1.82) is 0 Å². The summed E-state index contributed by atoms with van der Waals surface area (Å²) in [5.41, 5.74) is 0. The maximum atomic E-state index is 12.2. The maximum absolute atomic E-state index is 12.2. The number of amides is 1. The zero-order valence-corrected chi connectivity index (χ0v) is 16.4. The molecule has 0 bridgehead atoms. The van der Waals surface area contributed by atoms with Crippen molar-refractivity contribution in [2.45, 2.75) is 26.3 Å². The van der Waals surface area contributed by atoms with E-state index in [0.717, 1.165) is 13.1 Å². The number of hydrogen-bond acceptors (Lipinski definition) is 10. The Bertz CT molecular complexity index is 511. The van der Waals surface area contributed by atoms with E-state index in [2.05, 4.69) is 15.0 Å². The van der Waals surface area contributed by atoms with Crippen LogP contribution in [0.25, 0.3) is 0 Å². The zero-order chi connectivity index (χ0) is 20.1. The van der Waals surface area contributed by atoms with Crippen LogP contribution >= 0.6 is 11.8 Å². The van der Waals surface area contributed by atoms with Crippen molar-refractivity contribution < 1.29 is 38.1 Å². The third kappa shape index (κ3) is 10.8. The van der Waals surface area contributed by atoms with Gasteiger partial charge in [-0.15, -0.1) is 0 Å². The molecular formula is C16H26N2O8S. The number of nitrogens with zero attached hydrogens (tertiary/aromatic N) is 1. The predicted molar refractivity (Wildman–Crippen MR) is 96.0 cm³/mol. The van der Waals surface area contributed by atoms with Gasteiger partial charge in [-0.25, -0.2) is 9.59 Å². The molecule has 0 spiro atoms. The van der Waals surface area contributed by atoms with Gasteiger partial charge in [0.2, 0.25) is 12.7 Å². The van der Waals surface area contributed by atoms with Gasteiger partial charge in [-0.05, 0) is 11.8 Å². The van der Waals surface area contributed by atoms with Gasteiger partial charge in [0.05, 0.1) is 13.2 Å². The Morgan fingerprint density at radius 1 is 1.15 bits per heavy atom. The topological polar surface area (TPSA) is 120 Å². The number of thioether (sulfide) groups is 1. The molecule has 1 amide bonds. The summed E-state index contributed by atoms with van der Waals surface area (Å²) in [5, 5.41) is 1.72. The van der Waals surface area contributed by atoms with Crippen LogP contribution in [0, 0.1) is 0 Å². The second kappa shape index (κ2) is 13.3. The molecule has 1 atom stereocenters. The largest absolute Gasteiger partial charge is 0.463 e. The van der Waals surface area contributed by atoms with Crippen LogP contribution in [-0.4, -0.2) is 86.1 Å². The van der Waals surface area contributed by atoms with Crippen LogP contribution < -0.4 is 5.32 Å². The molecule has 154 valence electrons. The number of rotatable bonds is 10. The van der Waals surface area contributed by atoms with E-state index in [1.54, 1.807) is 6.92 Å². The van der Waals surface area contributed by atoms with Gasteiger partial charge in [-0.2, -0.15) is 0 Å². The van der Waals surface area contributed by atoms with Gasteiger partial charge < -0.3 is 24.3 Å². The van der Waals surface area contributed by atoms with Crippen LogP contribution in [0.15, 0.2) is 0 Å². The molecule has 0 saturated carbocycles. The summed E-state index contributed by atoms with van der Waals surface area (Å²) in [4.78, 5) is 48.1. The van der Waals surface area contributed by atoms with Crippen molar-refractivity contribution in [3.63, 3.8) is 0 Å². The van der Waals surface area contributed by atoms with E-state index in [-0.39, 0.29) is 18.8 Å². The average Bonchev–Trinajstić information content (AvgIpc) is 2.65. The Morgan fingerprint density at radius 2 is 1.85 bits per heavy atom. The lowest BCUT2D eigenvalue weighted by atomic mass is 10.3. The number of carbonyl (C=O) groups excluding carboxylic acids is 4. The van der Waals surface area contributed by atoms with Crippen molar-refractivity contribution in [3.8, 4) is 0 Å². The molecule has 27 heavy (non-hydrogen) atoms. The van der Waals surface area contributed by atoms with Gasteiger partial charge in [0.1, 0.15) is 12.6 Å². The summed E-state index contributed by atoms with van der Waals surface area (Å²) in [6.07, 6.45) is 0.172. The fourth-order valence-corrected chi connectivity index (χ4v) is 2.71. The molecule has 0 aliphatic carbocycles. The lowest BCUT2D eigenvalue weighted by Crippen LogP contribution is -2.44. The number of carbonyl (C=O) groups is 4. The van der Waals surface area contributed by atoms with Gasteiger partial charge in [0.25, 0.3) is 0 Å². The van der Waals surface area contributed by atoms with Crippen LogP contribution in [0.4, 0.5) is 4.79 Å². The summed E-state index contributed by atoms with van der Waals surface area (Å²) in [6.45, 7) is 5.98. The van der Waals surface area contributed by atoms with Gasteiger partial charge >= 0.3 is 17.2 Å². The molecule has 1 saturated heterocycles. The Kier molecular flexibility index (Phi) is 11.5. The molecule has 10 nitrogen and oxygen atoms in total. The van der Waals surface area contributed by atoms with Crippen molar-refractivity contribution in [3.05, 3.63) is 0 Å². The predicted octanol–water partition coefficient (Wildman–Crippen LogP) is 0.147. The highest BCUT2D eigenvalue weighted by Crippen LogP contribution is 2.09. The lowest BCUT2D eigenvalue weighted by Gasteiger charge is -2.26. The smallest absolute Gasteiger partial charge is 0.370 e. The first-order valence-electron chi connectivity index (χ1n) is 8.61. The molecule has 1 rings (SSSR count). The molecule has 0 aromatic rings. The minimum Gasteiger partial charge on any atom is -0.463 e. The van der Waals surface area contributed by atoms with E-state index in [9.17, 15) is 19.2 Å². The number of morpholine rings is 1. The summed E-state index contributed by atoms with van der Waals surface area (Å²) in [7, 11) is 0. The van der Waals surface area contributed by atoms with Gasteiger partial charge in [0, 0.05) is 38.7 Å². The summed E-state index contributed by atoms with van der Waals surface area (Å²) in [6, 6.07) is -0.983. The number of hydrogen-bond donors (Lipinski definition) is 1.